The van der Waals surface area contributed by atoms with Gasteiger partial charge in [-0.25, -0.2) is 9.69 Å². The average Bonchev–Trinajstić information content (AvgIpc) is 2.84. The molecule has 0 aliphatic carbocycles. The second-order valence-electron chi connectivity index (χ2n) is 5.77. The standard InChI is InChI=1S/C18H16N2O2S/c1-23-15-8-6-14(7-9-15)20-17(21)16-10-12-4-2-3-5-13(12)11-19(16)18(20)22/h2-9,16H,10-11H2,1H3/t16-/m0/s1. The van der Waals surface area contributed by atoms with Gasteiger partial charge in [0.25, 0.3) is 5.91 Å². The summed E-state index contributed by atoms with van der Waals surface area (Å²) in [5.74, 6) is -0.124. The molecule has 2 aliphatic rings. The highest BCUT2D eigenvalue weighted by Crippen LogP contribution is 2.33. The molecule has 0 bridgehead atoms. The number of carbonyl (C=O) groups is 2. The van der Waals surface area contributed by atoms with E-state index >= 15 is 0 Å². The molecular weight excluding hydrogens is 308 g/mol. The van der Waals surface area contributed by atoms with Gasteiger partial charge < -0.3 is 4.90 Å². The minimum absolute atomic E-state index is 0.124. The van der Waals surface area contributed by atoms with Crippen molar-refractivity contribution in [2.24, 2.45) is 0 Å². The molecule has 2 heterocycles. The zero-order valence-electron chi connectivity index (χ0n) is 12.7. The van der Waals surface area contributed by atoms with Crippen molar-refractivity contribution in [2.45, 2.75) is 23.9 Å². The third kappa shape index (κ3) is 2.23. The largest absolute Gasteiger partial charge is 0.332 e. The molecule has 1 atom stereocenters. The summed E-state index contributed by atoms with van der Waals surface area (Å²) in [7, 11) is 0. The number of anilines is 1. The number of hydrogen-bond acceptors (Lipinski definition) is 3. The Morgan fingerprint density at radius 3 is 2.39 bits per heavy atom. The van der Waals surface area contributed by atoms with Crippen molar-refractivity contribution in [1.82, 2.24) is 4.90 Å². The molecule has 0 spiro atoms. The Bertz CT molecular complexity index is 745. The third-order valence-corrected chi connectivity index (χ3v) is 5.27. The number of urea groups is 1. The van der Waals surface area contributed by atoms with Gasteiger partial charge in [0.1, 0.15) is 6.04 Å². The number of fused-ring (bicyclic) bond motifs is 2. The number of rotatable bonds is 2. The minimum atomic E-state index is -0.377. The molecule has 4 nitrogen and oxygen atoms in total. The Balaban J connectivity index is 1.68. The van der Waals surface area contributed by atoms with E-state index in [1.807, 2.05) is 54.8 Å². The van der Waals surface area contributed by atoms with Crippen LogP contribution in [0.2, 0.25) is 0 Å². The fraction of sp³-hybridized carbons (Fsp3) is 0.222. The lowest BCUT2D eigenvalue weighted by atomic mass is 9.95. The summed E-state index contributed by atoms with van der Waals surface area (Å²) in [4.78, 5) is 29.6. The van der Waals surface area contributed by atoms with Crippen LogP contribution in [0.1, 0.15) is 11.1 Å². The third-order valence-electron chi connectivity index (χ3n) is 4.52. The second-order valence-corrected chi connectivity index (χ2v) is 6.65. The van der Waals surface area contributed by atoms with Crippen molar-refractivity contribution < 1.29 is 9.59 Å². The van der Waals surface area contributed by atoms with Crippen molar-refractivity contribution in [2.75, 3.05) is 11.2 Å². The fourth-order valence-electron chi connectivity index (χ4n) is 3.29. The summed E-state index contributed by atoms with van der Waals surface area (Å²) >= 11 is 1.63. The molecule has 0 radical (unpaired) electrons. The van der Waals surface area contributed by atoms with Crippen LogP contribution in [0.5, 0.6) is 0 Å². The summed E-state index contributed by atoms with van der Waals surface area (Å²) in [6.07, 6.45) is 2.60. The zero-order chi connectivity index (χ0) is 16.0. The second kappa shape index (κ2) is 5.42. The number of nitrogens with zero attached hydrogens (tertiary/aromatic N) is 2. The van der Waals surface area contributed by atoms with E-state index in [4.69, 9.17) is 0 Å². The minimum Gasteiger partial charge on any atom is -0.307 e. The Kier molecular flexibility index (Phi) is 3.38. The molecule has 2 aliphatic heterocycles. The van der Waals surface area contributed by atoms with Crippen LogP contribution >= 0.6 is 11.8 Å². The molecular formula is C18H16N2O2S. The maximum absolute atomic E-state index is 12.8. The highest BCUT2D eigenvalue weighted by atomic mass is 32.2. The van der Waals surface area contributed by atoms with Gasteiger partial charge in [-0.1, -0.05) is 24.3 Å². The molecule has 0 aromatic heterocycles. The quantitative estimate of drug-likeness (QED) is 0.629. The maximum Gasteiger partial charge on any atom is 0.332 e. The number of thioether (sulfide) groups is 1. The topological polar surface area (TPSA) is 40.6 Å². The van der Waals surface area contributed by atoms with Crippen LogP contribution in [0.15, 0.2) is 53.4 Å². The summed E-state index contributed by atoms with van der Waals surface area (Å²) in [5.41, 5.74) is 2.94. The van der Waals surface area contributed by atoms with Crippen molar-refractivity contribution >= 4 is 29.4 Å². The predicted molar refractivity (Wildman–Crippen MR) is 90.6 cm³/mol. The van der Waals surface area contributed by atoms with Crippen LogP contribution < -0.4 is 4.90 Å². The smallest absolute Gasteiger partial charge is 0.307 e. The molecule has 116 valence electrons. The van der Waals surface area contributed by atoms with Crippen LogP contribution in [0.25, 0.3) is 0 Å². The van der Waals surface area contributed by atoms with E-state index in [-0.39, 0.29) is 18.0 Å². The van der Waals surface area contributed by atoms with Gasteiger partial charge in [0, 0.05) is 17.9 Å². The zero-order valence-corrected chi connectivity index (χ0v) is 13.5. The lowest BCUT2D eigenvalue weighted by Gasteiger charge is -2.28. The first-order chi connectivity index (χ1) is 11.2. The Labute approximate surface area is 139 Å². The molecule has 2 aromatic carbocycles. The number of amides is 3. The molecule has 4 rings (SSSR count). The van der Waals surface area contributed by atoms with Gasteiger partial charge >= 0.3 is 6.03 Å². The van der Waals surface area contributed by atoms with Gasteiger partial charge in [0.2, 0.25) is 0 Å². The van der Waals surface area contributed by atoms with Gasteiger partial charge in [-0.3, -0.25) is 4.79 Å². The summed E-state index contributed by atoms with van der Waals surface area (Å²) < 4.78 is 0. The number of hydrogen-bond donors (Lipinski definition) is 0. The Hall–Kier alpha value is -2.27. The average molecular weight is 324 g/mol. The first-order valence-electron chi connectivity index (χ1n) is 7.54. The lowest BCUT2D eigenvalue weighted by Crippen LogP contribution is -2.39. The molecule has 0 N–H and O–H groups in total. The van der Waals surface area contributed by atoms with Gasteiger partial charge in [0.15, 0.2) is 0 Å². The van der Waals surface area contributed by atoms with Crippen molar-refractivity contribution in [3.05, 3.63) is 59.7 Å². The molecule has 3 amide bonds. The summed E-state index contributed by atoms with van der Waals surface area (Å²) in [6.45, 7) is 0.505. The van der Waals surface area contributed by atoms with Crippen LogP contribution in [-0.2, 0) is 17.8 Å². The van der Waals surface area contributed by atoms with Crippen LogP contribution in [0.3, 0.4) is 0 Å². The Morgan fingerprint density at radius 2 is 1.70 bits per heavy atom. The summed E-state index contributed by atoms with van der Waals surface area (Å²) in [5, 5.41) is 0. The highest BCUT2D eigenvalue weighted by Gasteiger charge is 2.47. The number of imide groups is 1. The van der Waals surface area contributed by atoms with E-state index in [2.05, 4.69) is 0 Å². The fourth-order valence-corrected chi connectivity index (χ4v) is 3.69. The molecule has 23 heavy (non-hydrogen) atoms. The molecule has 1 fully saturated rings. The van der Waals surface area contributed by atoms with Gasteiger partial charge in [-0.2, -0.15) is 0 Å². The summed E-state index contributed by atoms with van der Waals surface area (Å²) in [6, 6.07) is 15.0. The van der Waals surface area contributed by atoms with Gasteiger partial charge in [-0.15, -0.1) is 11.8 Å². The van der Waals surface area contributed by atoms with E-state index in [9.17, 15) is 9.59 Å². The van der Waals surface area contributed by atoms with Crippen molar-refractivity contribution in [3.8, 4) is 0 Å². The van der Waals surface area contributed by atoms with Gasteiger partial charge in [0.05, 0.1) is 5.69 Å². The molecule has 1 saturated heterocycles. The van der Waals surface area contributed by atoms with E-state index in [1.54, 1.807) is 16.7 Å². The highest BCUT2D eigenvalue weighted by molar-refractivity contribution is 7.98. The number of carbonyl (C=O) groups excluding carboxylic acids is 2. The van der Waals surface area contributed by atoms with Crippen LogP contribution in [0.4, 0.5) is 10.5 Å². The van der Waals surface area contributed by atoms with E-state index in [0.717, 1.165) is 16.0 Å². The van der Waals surface area contributed by atoms with Crippen molar-refractivity contribution in [1.29, 1.82) is 0 Å². The molecule has 2 aromatic rings. The van der Waals surface area contributed by atoms with Gasteiger partial charge in [-0.05, 0) is 41.6 Å². The monoisotopic (exact) mass is 324 g/mol. The molecule has 0 saturated carbocycles. The van der Waals surface area contributed by atoms with E-state index in [0.29, 0.717) is 18.7 Å². The van der Waals surface area contributed by atoms with Crippen molar-refractivity contribution in [3.63, 3.8) is 0 Å². The lowest BCUT2D eigenvalue weighted by molar-refractivity contribution is -0.119. The normalized spacial score (nSPS) is 19.8. The first-order valence-corrected chi connectivity index (χ1v) is 8.77. The predicted octanol–water partition coefficient (Wildman–Crippen LogP) is 3.30. The van der Waals surface area contributed by atoms with Crippen LogP contribution in [0, 0.1) is 0 Å². The van der Waals surface area contributed by atoms with E-state index in [1.165, 1.54) is 4.90 Å². The first kappa shape index (κ1) is 14.3. The molecule has 0 unspecified atom stereocenters. The van der Waals surface area contributed by atoms with Crippen LogP contribution in [-0.4, -0.2) is 29.1 Å². The maximum atomic E-state index is 12.8. The Morgan fingerprint density at radius 1 is 1.00 bits per heavy atom. The number of benzene rings is 2. The molecule has 5 heteroatoms. The van der Waals surface area contributed by atoms with E-state index < -0.39 is 0 Å². The SMILES string of the molecule is CSc1ccc(N2C(=O)[C@@H]3Cc4ccccc4CN3C2=O)cc1.